The molecule has 1 heterocycles. The first kappa shape index (κ1) is 13.8. The number of benzene rings is 1. The molecule has 5 heteroatoms. The standard InChI is InChI=1S/C16H16N2O2S/c1-10-7-8-21-14(10)16(20)18-13-4-2-3-11(9-13)15(19)17-12-5-6-12/h2-4,7-9,12H,5-6H2,1H3,(H,17,19)(H,18,20). The van der Waals surface area contributed by atoms with Gasteiger partial charge in [-0.15, -0.1) is 11.3 Å². The fourth-order valence-electron chi connectivity index (χ4n) is 2.03. The molecule has 3 rings (SSSR count). The van der Waals surface area contributed by atoms with E-state index in [2.05, 4.69) is 10.6 Å². The largest absolute Gasteiger partial charge is 0.349 e. The first-order valence-corrected chi connectivity index (χ1v) is 7.78. The van der Waals surface area contributed by atoms with E-state index in [1.165, 1.54) is 11.3 Å². The van der Waals surface area contributed by atoms with Crippen LogP contribution in [0.2, 0.25) is 0 Å². The van der Waals surface area contributed by atoms with Crippen LogP contribution < -0.4 is 10.6 Å². The van der Waals surface area contributed by atoms with Gasteiger partial charge in [-0.1, -0.05) is 6.07 Å². The zero-order valence-electron chi connectivity index (χ0n) is 11.7. The Kier molecular flexibility index (Phi) is 3.75. The van der Waals surface area contributed by atoms with Crippen LogP contribution in [0.4, 0.5) is 5.69 Å². The van der Waals surface area contributed by atoms with Crippen LogP contribution in [0.25, 0.3) is 0 Å². The van der Waals surface area contributed by atoms with Crippen LogP contribution in [0, 0.1) is 6.92 Å². The Balaban J connectivity index is 1.72. The Morgan fingerprint density at radius 2 is 2.00 bits per heavy atom. The van der Waals surface area contributed by atoms with Gasteiger partial charge in [0.05, 0.1) is 4.88 Å². The van der Waals surface area contributed by atoms with Gasteiger partial charge in [-0.25, -0.2) is 0 Å². The first-order valence-electron chi connectivity index (χ1n) is 6.90. The highest BCUT2D eigenvalue weighted by Crippen LogP contribution is 2.21. The third-order valence-electron chi connectivity index (χ3n) is 3.36. The van der Waals surface area contributed by atoms with Crippen LogP contribution in [-0.4, -0.2) is 17.9 Å². The lowest BCUT2D eigenvalue weighted by atomic mass is 10.2. The lowest BCUT2D eigenvalue weighted by molar-refractivity contribution is 0.0949. The van der Waals surface area contributed by atoms with Gasteiger partial charge >= 0.3 is 0 Å². The molecule has 108 valence electrons. The number of aryl methyl sites for hydroxylation is 1. The van der Waals surface area contributed by atoms with Gasteiger partial charge in [0, 0.05) is 17.3 Å². The summed E-state index contributed by atoms with van der Waals surface area (Å²) in [5, 5.41) is 7.67. The van der Waals surface area contributed by atoms with Crippen LogP contribution in [0.1, 0.15) is 38.4 Å². The van der Waals surface area contributed by atoms with Crippen molar-refractivity contribution in [3.05, 3.63) is 51.7 Å². The Hall–Kier alpha value is -2.14. The summed E-state index contributed by atoms with van der Waals surface area (Å²) in [6.45, 7) is 1.91. The van der Waals surface area contributed by atoms with Gasteiger partial charge in [0.25, 0.3) is 11.8 Å². The second-order valence-electron chi connectivity index (χ2n) is 5.22. The monoisotopic (exact) mass is 300 g/mol. The number of thiophene rings is 1. The van der Waals surface area contributed by atoms with E-state index in [-0.39, 0.29) is 11.8 Å². The summed E-state index contributed by atoms with van der Waals surface area (Å²) in [5.41, 5.74) is 2.17. The molecule has 4 nitrogen and oxygen atoms in total. The number of hydrogen-bond acceptors (Lipinski definition) is 3. The predicted molar refractivity (Wildman–Crippen MR) is 83.9 cm³/mol. The van der Waals surface area contributed by atoms with Crippen molar-refractivity contribution in [2.75, 3.05) is 5.32 Å². The van der Waals surface area contributed by atoms with Crippen molar-refractivity contribution in [2.45, 2.75) is 25.8 Å². The predicted octanol–water partition coefficient (Wildman–Crippen LogP) is 3.20. The summed E-state index contributed by atoms with van der Waals surface area (Å²) >= 11 is 1.41. The van der Waals surface area contributed by atoms with Crippen LogP contribution >= 0.6 is 11.3 Å². The second kappa shape index (κ2) is 5.69. The SMILES string of the molecule is Cc1ccsc1C(=O)Nc1cccc(C(=O)NC2CC2)c1. The number of hydrogen-bond donors (Lipinski definition) is 2. The third kappa shape index (κ3) is 3.31. The molecule has 0 unspecified atom stereocenters. The number of carbonyl (C=O) groups excluding carboxylic acids is 2. The number of carbonyl (C=O) groups is 2. The van der Waals surface area contributed by atoms with Gasteiger partial charge in [-0.05, 0) is 55.0 Å². The van der Waals surface area contributed by atoms with E-state index < -0.39 is 0 Å². The molecule has 0 saturated heterocycles. The molecule has 1 saturated carbocycles. The highest BCUT2D eigenvalue weighted by Gasteiger charge is 2.23. The molecular formula is C16H16N2O2S. The maximum Gasteiger partial charge on any atom is 0.265 e. The molecule has 0 aliphatic heterocycles. The van der Waals surface area contributed by atoms with Crippen LogP contribution in [0.15, 0.2) is 35.7 Å². The molecule has 0 radical (unpaired) electrons. The molecule has 0 bridgehead atoms. The number of anilines is 1. The number of rotatable bonds is 4. The Morgan fingerprint density at radius 1 is 1.19 bits per heavy atom. The third-order valence-corrected chi connectivity index (χ3v) is 4.38. The van der Waals surface area contributed by atoms with E-state index in [1.807, 2.05) is 18.4 Å². The Labute approximate surface area is 127 Å². The van der Waals surface area contributed by atoms with Gasteiger partial charge in [0.2, 0.25) is 0 Å². The zero-order chi connectivity index (χ0) is 14.8. The highest BCUT2D eigenvalue weighted by atomic mass is 32.1. The number of nitrogens with one attached hydrogen (secondary N) is 2. The van der Waals surface area contributed by atoms with Crippen molar-refractivity contribution in [1.29, 1.82) is 0 Å². The van der Waals surface area contributed by atoms with E-state index in [0.29, 0.717) is 22.2 Å². The average molecular weight is 300 g/mol. The topological polar surface area (TPSA) is 58.2 Å². The molecule has 0 spiro atoms. The van der Waals surface area contributed by atoms with Crippen molar-refractivity contribution in [1.82, 2.24) is 5.32 Å². The molecule has 2 aromatic rings. The van der Waals surface area contributed by atoms with E-state index in [1.54, 1.807) is 24.3 Å². The Bertz CT molecular complexity index is 689. The molecule has 1 aromatic carbocycles. The van der Waals surface area contributed by atoms with Crippen molar-refractivity contribution >= 4 is 28.8 Å². The van der Waals surface area contributed by atoms with Crippen LogP contribution in [-0.2, 0) is 0 Å². The molecular weight excluding hydrogens is 284 g/mol. The maximum atomic E-state index is 12.2. The molecule has 1 aliphatic rings. The van der Waals surface area contributed by atoms with Gasteiger partial charge in [-0.2, -0.15) is 0 Å². The summed E-state index contributed by atoms with van der Waals surface area (Å²) in [7, 11) is 0. The van der Waals surface area contributed by atoms with E-state index in [4.69, 9.17) is 0 Å². The molecule has 1 fully saturated rings. The minimum Gasteiger partial charge on any atom is -0.349 e. The van der Waals surface area contributed by atoms with Gasteiger partial charge in [0.15, 0.2) is 0 Å². The molecule has 2 amide bonds. The smallest absolute Gasteiger partial charge is 0.265 e. The minimum absolute atomic E-state index is 0.0825. The molecule has 2 N–H and O–H groups in total. The van der Waals surface area contributed by atoms with Crippen molar-refractivity contribution in [2.24, 2.45) is 0 Å². The second-order valence-corrected chi connectivity index (χ2v) is 6.13. The zero-order valence-corrected chi connectivity index (χ0v) is 12.5. The normalized spacial score (nSPS) is 13.8. The van der Waals surface area contributed by atoms with E-state index in [9.17, 15) is 9.59 Å². The molecule has 21 heavy (non-hydrogen) atoms. The fourth-order valence-corrected chi connectivity index (χ4v) is 2.85. The molecule has 1 aromatic heterocycles. The highest BCUT2D eigenvalue weighted by molar-refractivity contribution is 7.12. The first-order chi connectivity index (χ1) is 10.1. The lowest BCUT2D eigenvalue weighted by Gasteiger charge is -2.07. The van der Waals surface area contributed by atoms with Crippen molar-refractivity contribution < 1.29 is 9.59 Å². The summed E-state index contributed by atoms with van der Waals surface area (Å²) in [6.07, 6.45) is 2.11. The van der Waals surface area contributed by atoms with Crippen molar-refractivity contribution in [3.8, 4) is 0 Å². The maximum absolute atomic E-state index is 12.2. The molecule has 1 aliphatic carbocycles. The van der Waals surface area contributed by atoms with Gasteiger partial charge in [0.1, 0.15) is 0 Å². The summed E-state index contributed by atoms with van der Waals surface area (Å²) in [6, 6.07) is 9.26. The van der Waals surface area contributed by atoms with E-state index >= 15 is 0 Å². The minimum atomic E-state index is -0.137. The average Bonchev–Trinajstić information content (AvgIpc) is 3.17. The van der Waals surface area contributed by atoms with E-state index in [0.717, 1.165) is 18.4 Å². The van der Waals surface area contributed by atoms with Gasteiger partial charge < -0.3 is 10.6 Å². The fraction of sp³-hybridized carbons (Fsp3) is 0.250. The quantitative estimate of drug-likeness (QED) is 0.911. The van der Waals surface area contributed by atoms with Crippen LogP contribution in [0.3, 0.4) is 0 Å². The molecule has 0 atom stereocenters. The Morgan fingerprint density at radius 3 is 2.67 bits per heavy atom. The lowest BCUT2D eigenvalue weighted by Crippen LogP contribution is -2.25. The van der Waals surface area contributed by atoms with Crippen molar-refractivity contribution in [3.63, 3.8) is 0 Å². The summed E-state index contributed by atoms with van der Waals surface area (Å²) in [4.78, 5) is 24.9. The van der Waals surface area contributed by atoms with Gasteiger partial charge in [-0.3, -0.25) is 9.59 Å². The number of amides is 2. The van der Waals surface area contributed by atoms with Crippen LogP contribution in [0.5, 0.6) is 0 Å². The summed E-state index contributed by atoms with van der Waals surface area (Å²) in [5.74, 6) is -0.219. The summed E-state index contributed by atoms with van der Waals surface area (Å²) < 4.78 is 0.